The van der Waals surface area contributed by atoms with E-state index in [1.807, 2.05) is 6.92 Å². The van der Waals surface area contributed by atoms with Gasteiger partial charge in [-0.25, -0.2) is 4.79 Å². The Kier molecular flexibility index (Phi) is 6.57. The van der Waals surface area contributed by atoms with Crippen LogP contribution in [-0.4, -0.2) is 44.7 Å². The molecule has 4 N–H and O–H groups in total. The molecule has 7 nitrogen and oxygen atoms in total. The van der Waals surface area contributed by atoms with Crippen molar-refractivity contribution in [3.8, 4) is 0 Å². The van der Waals surface area contributed by atoms with E-state index in [1.165, 1.54) is 41.3 Å². The Balaban J connectivity index is 1.33. The summed E-state index contributed by atoms with van der Waals surface area (Å²) in [6.07, 6.45) is 8.53. The van der Waals surface area contributed by atoms with Gasteiger partial charge in [-0.3, -0.25) is 0 Å². The molecular weight excluding hydrogens is 380 g/mol. The molecule has 0 bridgehead atoms. The molecule has 4 rings (SSSR count). The Hall–Kier alpha value is -2.54. The fraction of sp³-hybridized carbons (Fsp3) is 0.565. The van der Waals surface area contributed by atoms with Gasteiger partial charge in [-0.1, -0.05) is 6.07 Å². The van der Waals surface area contributed by atoms with Crippen LogP contribution in [-0.2, 0) is 35.2 Å². The Morgan fingerprint density at radius 3 is 2.60 bits per heavy atom. The van der Waals surface area contributed by atoms with E-state index >= 15 is 0 Å². The second-order valence-electron chi connectivity index (χ2n) is 8.13. The highest BCUT2D eigenvalue weighted by molar-refractivity contribution is 5.92. The molecule has 30 heavy (non-hydrogen) atoms. The van der Waals surface area contributed by atoms with Crippen LogP contribution >= 0.6 is 0 Å². The lowest BCUT2D eigenvalue weighted by atomic mass is 9.99. The van der Waals surface area contributed by atoms with Gasteiger partial charge in [0.2, 0.25) is 0 Å². The van der Waals surface area contributed by atoms with E-state index in [0.717, 1.165) is 36.9 Å². The standard InChI is InChI=1S/C23H32N4O3/c1-2-29-18-13-26-22(30-14-18)17(12-24)9-10-25-23(28)27-21-19-7-3-5-15(19)11-16-6-4-8-20(16)21/h11-12,18,24,26H,2-10,13-14H2,1H3,(H2,25,27,28)/b22-17+,24-12?. The number of hydrogen-bond acceptors (Lipinski definition) is 5. The first kappa shape index (κ1) is 20.7. The number of urea groups is 1. The molecule has 0 spiro atoms. The average molecular weight is 413 g/mol. The quantitative estimate of drug-likeness (QED) is 0.518. The maximum absolute atomic E-state index is 12.6. The summed E-state index contributed by atoms with van der Waals surface area (Å²) in [5.41, 5.74) is 7.28. The van der Waals surface area contributed by atoms with Crippen molar-refractivity contribution in [3.05, 3.63) is 39.8 Å². The van der Waals surface area contributed by atoms with Gasteiger partial charge < -0.3 is 30.8 Å². The maximum Gasteiger partial charge on any atom is 0.319 e. The van der Waals surface area contributed by atoms with E-state index in [2.05, 4.69) is 22.0 Å². The van der Waals surface area contributed by atoms with Gasteiger partial charge in [-0.15, -0.1) is 0 Å². The zero-order valence-electron chi connectivity index (χ0n) is 17.7. The van der Waals surface area contributed by atoms with E-state index in [0.29, 0.717) is 38.6 Å². The summed E-state index contributed by atoms with van der Waals surface area (Å²) in [6, 6.07) is 2.19. The number of carbonyl (C=O) groups is 1. The van der Waals surface area contributed by atoms with Crippen LogP contribution in [0.5, 0.6) is 0 Å². The van der Waals surface area contributed by atoms with Crippen LogP contribution in [0.1, 0.15) is 48.4 Å². The van der Waals surface area contributed by atoms with Crippen LogP contribution in [0.25, 0.3) is 0 Å². The summed E-state index contributed by atoms with van der Waals surface area (Å²) in [7, 11) is 0. The number of rotatable bonds is 7. The van der Waals surface area contributed by atoms with E-state index in [1.54, 1.807) is 0 Å². The highest BCUT2D eigenvalue weighted by Gasteiger charge is 2.25. The highest BCUT2D eigenvalue weighted by Crippen LogP contribution is 2.38. The van der Waals surface area contributed by atoms with Crippen LogP contribution < -0.4 is 16.0 Å². The number of fused-ring (bicyclic) bond motifs is 2. The summed E-state index contributed by atoms with van der Waals surface area (Å²) in [4.78, 5) is 12.6. The fourth-order valence-corrected chi connectivity index (χ4v) is 4.73. The smallest absolute Gasteiger partial charge is 0.319 e. The molecule has 2 amide bonds. The number of benzene rings is 1. The Bertz CT molecular complexity index is 807. The van der Waals surface area contributed by atoms with Crippen molar-refractivity contribution in [2.75, 3.05) is 31.6 Å². The minimum atomic E-state index is -0.173. The van der Waals surface area contributed by atoms with Crippen LogP contribution in [0.2, 0.25) is 0 Å². The first-order valence-corrected chi connectivity index (χ1v) is 11.1. The minimum Gasteiger partial charge on any atom is -0.476 e. The summed E-state index contributed by atoms with van der Waals surface area (Å²) >= 11 is 0. The summed E-state index contributed by atoms with van der Waals surface area (Å²) in [5, 5.41) is 17.0. The number of anilines is 1. The molecule has 162 valence electrons. The van der Waals surface area contributed by atoms with Crippen molar-refractivity contribution in [1.29, 1.82) is 5.41 Å². The molecule has 1 aromatic carbocycles. The topological polar surface area (TPSA) is 95.5 Å². The fourth-order valence-electron chi connectivity index (χ4n) is 4.73. The second kappa shape index (κ2) is 9.51. The first-order valence-electron chi connectivity index (χ1n) is 11.1. The van der Waals surface area contributed by atoms with E-state index < -0.39 is 0 Å². The third-order valence-electron chi connectivity index (χ3n) is 6.16. The third-order valence-corrected chi connectivity index (χ3v) is 6.16. The zero-order valence-corrected chi connectivity index (χ0v) is 17.7. The first-order chi connectivity index (χ1) is 14.7. The Morgan fingerprint density at radius 2 is 2.00 bits per heavy atom. The maximum atomic E-state index is 12.6. The molecule has 1 saturated heterocycles. The minimum absolute atomic E-state index is 0.0314. The number of nitrogens with one attached hydrogen (secondary N) is 4. The van der Waals surface area contributed by atoms with Crippen molar-refractivity contribution >= 4 is 17.9 Å². The van der Waals surface area contributed by atoms with Crippen molar-refractivity contribution in [1.82, 2.24) is 10.6 Å². The van der Waals surface area contributed by atoms with E-state index in [4.69, 9.17) is 14.9 Å². The lowest BCUT2D eigenvalue weighted by Crippen LogP contribution is -2.40. The molecule has 7 heteroatoms. The number of aryl methyl sites for hydroxylation is 2. The number of carbonyl (C=O) groups excluding carboxylic acids is 1. The number of ether oxygens (including phenoxy) is 2. The highest BCUT2D eigenvalue weighted by atomic mass is 16.5. The largest absolute Gasteiger partial charge is 0.476 e. The molecule has 2 aliphatic carbocycles. The van der Waals surface area contributed by atoms with Gasteiger partial charge >= 0.3 is 6.03 Å². The van der Waals surface area contributed by atoms with Crippen LogP contribution in [0.15, 0.2) is 17.5 Å². The SMILES string of the molecule is CCOC1CN/C(=C(\C=N)CCNC(=O)Nc2c3c(cc4c2CCC4)CCC3)OC1. The molecule has 1 aliphatic heterocycles. The van der Waals surface area contributed by atoms with Gasteiger partial charge in [-0.2, -0.15) is 0 Å². The summed E-state index contributed by atoms with van der Waals surface area (Å²) in [6.45, 7) is 4.20. The molecule has 0 aromatic heterocycles. The number of hydrogen-bond donors (Lipinski definition) is 4. The monoisotopic (exact) mass is 412 g/mol. The van der Waals surface area contributed by atoms with Gasteiger partial charge in [0.1, 0.15) is 12.7 Å². The molecule has 1 fully saturated rings. The molecule has 1 unspecified atom stereocenters. The predicted molar refractivity (Wildman–Crippen MR) is 117 cm³/mol. The normalized spacial score (nSPS) is 21.2. The lowest BCUT2D eigenvalue weighted by Gasteiger charge is -2.27. The van der Waals surface area contributed by atoms with Crippen molar-refractivity contribution in [3.63, 3.8) is 0 Å². The van der Waals surface area contributed by atoms with Gasteiger partial charge in [0.05, 0.1) is 0 Å². The molecule has 0 saturated carbocycles. The van der Waals surface area contributed by atoms with Crippen molar-refractivity contribution < 1.29 is 14.3 Å². The van der Waals surface area contributed by atoms with E-state index in [9.17, 15) is 4.79 Å². The van der Waals surface area contributed by atoms with Gasteiger partial charge in [0.15, 0.2) is 5.88 Å². The van der Waals surface area contributed by atoms with Gasteiger partial charge in [0.25, 0.3) is 0 Å². The second-order valence-corrected chi connectivity index (χ2v) is 8.13. The Morgan fingerprint density at radius 1 is 1.27 bits per heavy atom. The summed E-state index contributed by atoms with van der Waals surface area (Å²) < 4.78 is 11.3. The van der Waals surface area contributed by atoms with Gasteiger partial charge in [0, 0.05) is 37.2 Å². The van der Waals surface area contributed by atoms with E-state index in [-0.39, 0.29) is 12.1 Å². The molecule has 0 radical (unpaired) electrons. The lowest BCUT2D eigenvalue weighted by molar-refractivity contribution is -0.0181. The van der Waals surface area contributed by atoms with Crippen molar-refractivity contribution in [2.45, 2.75) is 58.0 Å². The third kappa shape index (κ3) is 4.46. The number of amides is 2. The predicted octanol–water partition coefficient (Wildman–Crippen LogP) is 3.06. The summed E-state index contributed by atoms with van der Waals surface area (Å²) in [5.74, 6) is 0.613. The van der Waals surface area contributed by atoms with Crippen molar-refractivity contribution in [2.24, 2.45) is 0 Å². The van der Waals surface area contributed by atoms with Crippen LogP contribution in [0, 0.1) is 5.41 Å². The van der Waals surface area contributed by atoms with Crippen LogP contribution in [0.4, 0.5) is 10.5 Å². The molecule has 3 aliphatic rings. The van der Waals surface area contributed by atoms with Gasteiger partial charge in [-0.05, 0) is 74.1 Å². The average Bonchev–Trinajstić information content (AvgIpc) is 3.41. The molecular formula is C23H32N4O3. The Labute approximate surface area is 178 Å². The van der Waals surface area contributed by atoms with Crippen LogP contribution in [0.3, 0.4) is 0 Å². The molecule has 1 heterocycles. The molecule has 1 aromatic rings. The zero-order chi connectivity index (χ0) is 20.9. The molecule has 1 atom stereocenters.